The van der Waals surface area contributed by atoms with Crippen molar-refractivity contribution >= 4 is 5.97 Å². The maximum atomic E-state index is 10.7. The van der Waals surface area contributed by atoms with Gasteiger partial charge in [-0.1, -0.05) is 0 Å². The van der Waals surface area contributed by atoms with E-state index in [0.717, 1.165) is 45.7 Å². The molecule has 1 N–H and O–H groups in total. The molecule has 4 heteroatoms. The molecule has 14 heavy (non-hydrogen) atoms. The van der Waals surface area contributed by atoms with Crippen molar-refractivity contribution < 1.29 is 14.6 Å². The molecule has 1 heterocycles. The smallest absolute Gasteiger partial charge is 0.306 e. The fraction of sp³-hybridized carbons (Fsp3) is 0.900. The van der Waals surface area contributed by atoms with Gasteiger partial charge >= 0.3 is 5.97 Å². The van der Waals surface area contributed by atoms with E-state index in [2.05, 4.69) is 4.90 Å². The summed E-state index contributed by atoms with van der Waals surface area (Å²) in [4.78, 5) is 13.0. The zero-order valence-electron chi connectivity index (χ0n) is 8.74. The molecule has 0 aliphatic carbocycles. The number of aliphatic carboxylic acids is 1. The molecular formula is C10H19NO3. The normalized spacial score (nSPS) is 19.8. The number of hydrogen-bond acceptors (Lipinski definition) is 3. The van der Waals surface area contributed by atoms with Gasteiger partial charge in [-0.15, -0.1) is 0 Å². The average molecular weight is 201 g/mol. The quantitative estimate of drug-likeness (QED) is 0.669. The van der Waals surface area contributed by atoms with Crippen molar-refractivity contribution in [3.8, 4) is 0 Å². The number of nitrogens with zero attached hydrogens (tertiary/aromatic N) is 1. The second kappa shape index (κ2) is 5.98. The van der Waals surface area contributed by atoms with Crippen LogP contribution in [0.3, 0.4) is 0 Å². The van der Waals surface area contributed by atoms with Crippen molar-refractivity contribution in [1.29, 1.82) is 0 Å². The highest BCUT2D eigenvalue weighted by atomic mass is 16.5. The van der Waals surface area contributed by atoms with Crippen LogP contribution in [0.1, 0.15) is 19.8 Å². The molecule has 0 aromatic carbocycles. The second-order valence-electron chi connectivity index (χ2n) is 3.65. The minimum Gasteiger partial charge on any atom is -0.481 e. The summed E-state index contributed by atoms with van der Waals surface area (Å²) >= 11 is 0. The SMILES string of the molecule is CCOCCN1CCC(C(=O)O)CC1. The standard InChI is InChI=1S/C10H19NO3/c1-2-14-8-7-11-5-3-9(4-6-11)10(12)13/h9H,2-8H2,1H3,(H,12,13). The van der Waals surface area contributed by atoms with Crippen molar-refractivity contribution in [1.82, 2.24) is 4.90 Å². The first-order valence-electron chi connectivity index (χ1n) is 5.27. The van der Waals surface area contributed by atoms with Crippen LogP contribution in [0.5, 0.6) is 0 Å². The highest BCUT2D eigenvalue weighted by Gasteiger charge is 2.23. The summed E-state index contributed by atoms with van der Waals surface area (Å²) in [6, 6.07) is 0. The van der Waals surface area contributed by atoms with E-state index in [1.807, 2.05) is 6.92 Å². The van der Waals surface area contributed by atoms with Crippen LogP contribution in [0, 0.1) is 5.92 Å². The molecule has 1 fully saturated rings. The maximum Gasteiger partial charge on any atom is 0.306 e. The van der Waals surface area contributed by atoms with E-state index < -0.39 is 5.97 Å². The zero-order valence-corrected chi connectivity index (χ0v) is 8.74. The molecule has 1 saturated heterocycles. The molecule has 0 amide bonds. The van der Waals surface area contributed by atoms with Crippen LogP contribution in [0.15, 0.2) is 0 Å². The molecule has 0 radical (unpaired) electrons. The fourth-order valence-corrected chi connectivity index (χ4v) is 1.74. The average Bonchev–Trinajstić information content (AvgIpc) is 2.19. The first-order valence-corrected chi connectivity index (χ1v) is 5.27. The summed E-state index contributed by atoms with van der Waals surface area (Å²) < 4.78 is 5.25. The third-order valence-corrected chi connectivity index (χ3v) is 2.69. The fourth-order valence-electron chi connectivity index (χ4n) is 1.74. The molecule has 0 saturated carbocycles. The number of rotatable bonds is 5. The molecule has 0 unspecified atom stereocenters. The zero-order chi connectivity index (χ0) is 10.4. The lowest BCUT2D eigenvalue weighted by molar-refractivity contribution is -0.143. The Balaban J connectivity index is 2.12. The van der Waals surface area contributed by atoms with Crippen LogP contribution < -0.4 is 0 Å². The van der Waals surface area contributed by atoms with Gasteiger partial charge in [0.05, 0.1) is 12.5 Å². The number of hydrogen-bond donors (Lipinski definition) is 1. The number of piperidine rings is 1. The Bertz CT molecular complexity index is 176. The Labute approximate surface area is 84.8 Å². The molecule has 0 bridgehead atoms. The van der Waals surface area contributed by atoms with Gasteiger partial charge in [0.25, 0.3) is 0 Å². The Morgan fingerprint density at radius 3 is 2.64 bits per heavy atom. The monoisotopic (exact) mass is 201 g/mol. The topological polar surface area (TPSA) is 49.8 Å². The van der Waals surface area contributed by atoms with Gasteiger partial charge in [-0.3, -0.25) is 4.79 Å². The molecular weight excluding hydrogens is 182 g/mol. The Morgan fingerprint density at radius 1 is 1.50 bits per heavy atom. The van der Waals surface area contributed by atoms with Gasteiger partial charge in [-0.05, 0) is 32.9 Å². The second-order valence-corrected chi connectivity index (χ2v) is 3.65. The van der Waals surface area contributed by atoms with Crippen molar-refractivity contribution in [2.75, 3.05) is 32.8 Å². The van der Waals surface area contributed by atoms with Crippen molar-refractivity contribution in [2.45, 2.75) is 19.8 Å². The van der Waals surface area contributed by atoms with Gasteiger partial charge in [0.15, 0.2) is 0 Å². The summed E-state index contributed by atoms with van der Waals surface area (Å²) in [5.41, 5.74) is 0. The Hall–Kier alpha value is -0.610. The first kappa shape index (κ1) is 11.5. The summed E-state index contributed by atoms with van der Waals surface area (Å²) in [5, 5.41) is 8.80. The summed E-state index contributed by atoms with van der Waals surface area (Å²) in [7, 11) is 0. The Kier molecular flexibility index (Phi) is 4.90. The van der Waals surface area contributed by atoms with Crippen molar-refractivity contribution in [3.63, 3.8) is 0 Å². The van der Waals surface area contributed by atoms with Crippen molar-refractivity contribution in [3.05, 3.63) is 0 Å². The molecule has 4 nitrogen and oxygen atoms in total. The molecule has 0 spiro atoms. The number of carboxylic acid groups (broad SMARTS) is 1. The summed E-state index contributed by atoms with van der Waals surface area (Å²) in [6.07, 6.45) is 1.56. The summed E-state index contributed by atoms with van der Waals surface area (Å²) in [6.45, 7) is 6.21. The van der Waals surface area contributed by atoms with Gasteiger partial charge < -0.3 is 14.7 Å². The van der Waals surface area contributed by atoms with Gasteiger partial charge in [0.1, 0.15) is 0 Å². The Morgan fingerprint density at radius 2 is 2.14 bits per heavy atom. The van der Waals surface area contributed by atoms with Crippen LogP contribution in [0.2, 0.25) is 0 Å². The van der Waals surface area contributed by atoms with Crippen LogP contribution in [-0.4, -0.2) is 48.8 Å². The van der Waals surface area contributed by atoms with Crippen LogP contribution in [0.4, 0.5) is 0 Å². The van der Waals surface area contributed by atoms with Gasteiger partial charge in [0.2, 0.25) is 0 Å². The third-order valence-electron chi connectivity index (χ3n) is 2.69. The first-order chi connectivity index (χ1) is 6.74. The van der Waals surface area contributed by atoms with Crippen LogP contribution >= 0.6 is 0 Å². The predicted molar refractivity (Wildman–Crippen MR) is 53.3 cm³/mol. The van der Waals surface area contributed by atoms with Gasteiger partial charge in [0, 0.05) is 13.2 Å². The van der Waals surface area contributed by atoms with E-state index in [0.29, 0.717) is 0 Å². The van der Waals surface area contributed by atoms with E-state index in [-0.39, 0.29) is 5.92 Å². The largest absolute Gasteiger partial charge is 0.481 e. The number of likely N-dealkylation sites (tertiary alicyclic amines) is 1. The highest BCUT2D eigenvalue weighted by Crippen LogP contribution is 2.16. The molecule has 1 rings (SSSR count). The number of carbonyl (C=O) groups is 1. The van der Waals surface area contributed by atoms with E-state index in [1.165, 1.54) is 0 Å². The third kappa shape index (κ3) is 3.64. The minimum absolute atomic E-state index is 0.127. The predicted octanol–water partition coefficient (Wildman–Crippen LogP) is 0.820. The molecule has 1 aliphatic heterocycles. The molecule has 1 aliphatic rings. The van der Waals surface area contributed by atoms with E-state index in [9.17, 15) is 4.79 Å². The summed E-state index contributed by atoms with van der Waals surface area (Å²) in [5.74, 6) is -0.771. The number of carboxylic acids is 1. The number of ether oxygens (including phenoxy) is 1. The van der Waals surface area contributed by atoms with E-state index in [1.54, 1.807) is 0 Å². The lowest BCUT2D eigenvalue weighted by atomic mass is 9.97. The minimum atomic E-state index is -0.644. The van der Waals surface area contributed by atoms with Gasteiger partial charge in [-0.2, -0.15) is 0 Å². The highest BCUT2D eigenvalue weighted by molar-refractivity contribution is 5.70. The molecule has 0 aromatic rings. The molecule has 0 aromatic heterocycles. The molecule has 0 atom stereocenters. The van der Waals surface area contributed by atoms with E-state index >= 15 is 0 Å². The van der Waals surface area contributed by atoms with Crippen molar-refractivity contribution in [2.24, 2.45) is 5.92 Å². The molecule has 82 valence electrons. The van der Waals surface area contributed by atoms with E-state index in [4.69, 9.17) is 9.84 Å². The van der Waals surface area contributed by atoms with Crippen LogP contribution in [-0.2, 0) is 9.53 Å². The van der Waals surface area contributed by atoms with Gasteiger partial charge in [-0.25, -0.2) is 0 Å². The lowest BCUT2D eigenvalue weighted by Gasteiger charge is -2.29. The maximum absolute atomic E-state index is 10.7. The lowest BCUT2D eigenvalue weighted by Crippen LogP contribution is -2.38. The van der Waals surface area contributed by atoms with Crippen LogP contribution in [0.25, 0.3) is 0 Å².